The number of hydrogen-bond donors (Lipinski definition) is 5. The first-order valence-corrected chi connectivity index (χ1v) is 18.4. The van der Waals surface area contributed by atoms with Gasteiger partial charge in [-0.15, -0.1) is 0 Å². The molecule has 4 amide bonds. The molecule has 0 fully saturated rings. The van der Waals surface area contributed by atoms with E-state index in [9.17, 15) is 52.3 Å². The van der Waals surface area contributed by atoms with Gasteiger partial charge in [-0.1, -0.05) is 66.7 Å². The van der Waals surface area contributed by atoms with Gasteiger partial charge in [0.1, 0.15) is 12.1 Å². The first kappa shape index (κ1) is 42.3. The molecule has 2 aliphatic heterocycles. The number of Topliss-reactive ketones (excluding diaryl/α,β-unsaturated/α-hetero) is 1. The van der Waals surface area contributed by atoms with Gasteiger partial charge in [-0.3, -0.25) is 28.8 Å². The Morgan fingerprint density at radius 2 is 1.24 bits per heavy atom. The summed E-state index contributed by atoms with van der Waals surface area (Å²) < 4.78 is 40.2. The molecule has 0 spiro atoms. The minimum atomic E-state index is -4.64. The first-order chi connectivity index (χ1) is 27.7. The van der Waals surface area contributed by atoms with Gasteiger partial charge in [0.15, 0.2) is 5.78 Å². The van der Waals surface area contributed by atoms with Crippen molar-refractivity contribution in [3.8, 4) is 6.07 Å². The first-order valence-electron chi connectivity index (χ1n) is 18.4. The molecule has 2 bridgehead atoms. The number of aliphatic carboxylic acids is 1. The van der Waals surface area contributed by atoms with Crippen molar-refractivity contribution in [1.29, 1.82) is 5.26 Å². The topological polar surface area (TPSA) is 195 Å². The SMILES string of the molecule is N#Cc1cccc(C[C@H]2NC(=O)CCC(=O)Nc3ccc(cc3)C[C@@H](C(=O)O)CC(=O)[C@@H](Cc3ccccc3)NC(=O)[C@H](Cc3ccc(C(F)(F)F)cc3)NC2=O)c1. The zero-order valence-corrected chi connectivity index (χ0v) is 31.1. The van der Waals surface area contributed by atoms with Crippen LogP contribution in [0.3, 0.4) is 0 Å². The molecule has 4 atom stereocenters. The van der Waals surface area contributed by atoms with Crippen LogP contribution in [0.1, 0.15) is 52.6 Å². The van der Waals surface area contributed by atoms with Crippen LogP contribution in [0.15, 0.2) is 103 Å². The number of alkyl halides is 3. The summed E-state index contributed by atoms with van der Waals surface area (Å²) in [6.07, 6.45) is -6.38. The molecule has 2 aliphatic rings. The maximum atomic E-state index is 14.3. The van der Waals surface area contributed by atoms with Gasteiger partial charge in [-0.2, -0.15) is 18.4 Å². The van der Waals surface area contributed by atoms with E-state index < -0.39 is 77.6 Å². The fraction of sp³-hybridized carbons (Fsp3) is 0.279. The summed E-state index contributed by atoms with van der Waals surface area (Å²) in [5, 5.41) is 30.1. The van der Waals surface area contributed by atoms with Crippen molar-refractivity contribution in [2.75, 3.05) is 5.32 Å². The van der Waals surface area contributed by atoms with Crippen molar-refractivity contribution in [2.24, 2.45) is 5.92 Å². The van der Waals surface area contributed by atoms with E-state index in [0.717, 1.165) is 24.3 Å². The van der Waals surface area contributed by atoms with Crippen LogP contribution in [0.25, 0.3) is 0 Å². The van der Waals surface area contributed by atoms with Crippen LogP contribution in [0.2, 0.25) is 0 Å². The molecule has 5 N–H and O–H groups in total. The number of benzene rings is 4. The molecular formula is C43H40F3N5O7. The number of carboxylic acids is 1. The highest BCUT2D eigenvalue weighted by Crippen LogP contribution is 2.29. The van der Waals surface area contributed by atoms with Crippen molar-refractivity contribution in [3.63, 3.8) is 0 Å². The Kier molecular flexibility index (Phi) is 14.1. The average Bonchev–Trinajstić information content (AvgIpc) is 3.19. The largest absolute Gasteiger partial charge is 0.481 e. The number of amides is 4. The molecular weight excluding hydrogens is 755 g/mol. The number of halogens is 3. The number of carboxylic acid groups (broad SMARTS) is 1. The third-order valence-electron chi connectivity index (χ3n) is 9.59. The highest BCUT2D eigenvalue weighted by molar-refractivity contribution is 5.97. The number of fused-ring (bicyclic) bond motifs is 18. The Balaban J connectivity index is 1.53. The highest BCUT2D eigenvalue weighted by Gasteiger charge is 2.34. The van der Waals surface area contributed by atoms with Gasteiger partial charge in [-0.05, 0) is 71.5 Å². The second-order valence-corrected chi connectivity index (χ2v) is 14.0. The minimum absolute atomic E-state index is 0.0546. The van der Waals surface area contributed by atoms with E-state index in [4.69, 9.17) is 0 Å². The van der Waals surface area contributed by atoms with Crippen molar-refractivity contribution < 1.29 is 47.0 Å². The van der Waals surface area contributed by atoms with Crippen molar-refractivity contribution >= 4 is 41.1 Å². The van der Waals surface area contributed by atoms with E-state index in [1.54, 1.807) is 72.8 Å². The lowest BCUT2D eigenvalue weighted by atomic mass is 9.90. The summed E-state index contributed by atoms with van der Waals surface area (Å²) in [5.74, 6) is -6.09. The second-order valence-electron chi connectivity index (χ2n) is 14.0. The van der Waals surface area contributed by atoms with E-state index in [1.807, 2.05) is 6.07 Å². The number of carbonyl (C=O) groups excluding carboxylic acids is 5. The normalized spacial score (nSPS) is 20.1. The molecule has 58 heavy (non-hydrogen) atoms. The predicted molar refractivity (Wildman–Crippen MR) is 205 cm³/mol. The summed E-state index contributed by atoms with van der Waals surface area (Å²) in [4.78, 5) is 80.8. The van der Waals surface area contributed by atoms with Crippen LogP contribution in [0.4, 0.5) is 18.9 Å². The minimum Gasteiger partial charge on any atom is -0.481 e. The highest BCUT2D eigenvalue weighted by atomic mass is 19.4. The Morgan fingerprint density at radius 1 is 0.672 bits per heavy atom. The number of rotatable bonds is 7. The van der Waals surface area contributed by atoms with Gasteiger partial charge in [0, 0.05) is 37.8 Å². The second kappa shape index (κ2) is 19.4. The van der Waals surface area contributed by atoms with Crippen molar-refractivity contribution in [2.45, 2.75) is 69.2 Å². The van der Waals surface area contributed by atoms with Crippen LogP contribution in [-0.4, -0.2) is 58.6 Å². The molecule has 4 aromatic rings. The molecule has 0 unspecified atom stereocenters. The van der Waals surface area contributed by atoms with Gasteiger partial charge in [0.05, 0.1) is 29.2 Å². The standard InChI is InChI=1S/C43H40F3N5O7/c44-43(45,46)32-13-9-28(10-14-32)22-36-41(56)50-34(21-26-5-2-1-3-6-26)37(52)24-31(42(57)58)20-27-11-15-33(16-12-27)48-38(53)17-18-39(54)49-35(40(55)51-36)23-29-7-4-8-30(19-29)25-47/h1-16,19,31,34-36H,17-18,20-24H2,(H,48,53)(H,49,54)(H,50,56)(H,51,55)(H,57,58)/t31-,34-,35-,36+/m1/s1. The Hall–Kier alpha value is -6.82. The van der Waals surface area contributed by atoms with Gasteiger partial charge < -0.3 is 26.4 Å². The third-order valence-corrected chi connectivity index (χ3v) is 9.59. The summed E-state index contributed by atoms with van der Waals surface area (Å²) >= 11 is 0. The Labute approximate surface area is 331 Å². The fourth-order valence-electron chi connectivity index (χ4n) is 6.49. The Morgan fingerprint density at radius 3 is 1.88 bits per heavy atom. The summed E-state index contributed by atoms with van der Waals surface area (Å²) in [7, 11) is 0. The molecule has 6 rings (SSSR count). The smallest absolute Gasteiger partial charge is 0.416 e. The quantitative estimate of drug-likeness (QED) is 0.166. The molecule has 0 radical (unpaired) electrons. The monoisotopic (exact) mass is 795 g/mol. The van der Waals surface area contributed by atoms with Crippen LogP contribution >= 0.6 is 0 Å². The van der Waals surface area contributed by atoms with Gasteiger partial charge in [-0.25, -0.2) is 0 Å². The van der Waals surface area contributed by atoms with Crippen molar-refractivity contribution in [1.82, 2.24) is 16.0 Å². The van der Waals surface area contributed by atoms with E-state index in [2.05, 4.69) is 21.3 Å². The molecule has 0 saturated carbocycles. The zero-order chi connectivity index (χ0) is 41.8. The number of nitriles is 1. The molecule has 0 saturated heterocycles. The molecule has 2 heterocycles. The molecule has 0 aliphatic carbocycles. The summed E-state index contributed by atoms with van der Waals surface area (Å²) in [6.45, 7) is 0. The average molecular weight is 796 g/mol. The van der Waals surface area contributed by atoms with Crippen LogP contribution < -0.4 is 21.3 Å². The van der Waals surface area contributed by atoms with Gasteiger partial charge >= 0.3 is 12.1 Å². The molecule has 4 aromatic carbocycles. The van der Waals surface area contributed by atoms with Gasteiger partial charge in [0.2, 0.25) is 23.6 Å². The van der Waals surface area contributed by atoms with E-state index >= 15 is 0 Å². The number of carbonyl (C=O) groups is 6. The number of nitrogens with one attached hydrogen (secondary N) is 4. The fourth-order valence-corrected chi connectivity index (χ4v) is 6.49. The van der Waals surface area contributed by atoms with Crippen molar-refractivity contribution in [3.05, 3.63) is 137 Å². The molecule has 0 aromatic heterocycles. The lowest BCUT2D eigenvalue weighted by Crippen LogP contribution is -2.57. The molecule has 300 valence electrons. The van der Waals surface area contributed by atoms with E-state index in [0.29, 0.717) is 22.4 Å². The summed E-state index contributed by atoms with van der Waals surface area (Å²) in [5.41, 5.74) is 1.58. The molecule has 12 nitrogen and oxygen atoms in total. The van der Waals surface area contributed by atoms with E-state index in [1.165, 1.54) is 6.07 Å². The number of hydrogen-bond acceptors (Lipinski definition) is 7. The lowest BCUT2D eigenvalue weighted by molar-refractivity contribution is -0.144. The van der Waals surface area contributed by atoms with Crippen LogP contribution in [0.5, 0.6) is 0 Å². The zero-order valence-electron chi connectivity index (χ0n) is 31.1. The number of ketones is 1. The van der Waals surface area contributed by atoms with Crippen LogP contribution in [0, 0.1) is 17.2 Å². The number of anilines is 1. The van der Waals surface area contributed by atoms with Crippen LogP contribution in [-0.2, 0) is 60.6 Å². The van der Waals surface area contributed by atoms with Gasteiger partial charge in [0.25, 0.3) is 0 Å². The maximum absolute atomic E-state index is 14.3. The Bertz CT molecular complexity index is 2170. The lowest BCUT2D eigenvalue weighted by Gasteiger charge is -2.26. The number of nitrogens with zero attached hydrogens (tertiary/aromatic N) is 1. The summed E-state index contributed by atoms with van der Waals surface area (Å²) in [6, 6.07) is 22.9. The third kappa shape index (κ3) is 12.3. The van der Waals surface area contributed by atoms with E-state index in [-0.39, 0.29) is 49.7 Å². The predicted octanol–water partition coefficient (Wildman–Crippen LogP) is 4.69. The molecule has 15 heteroatoms. The maximum Gasteiger partial charge on any atom is 0.416 e.